The fourth-order valence-electron chi connectivity index (χ4n) is 3.77. The molecule has 1 aliphatic rings. The third kappa shape index (κ3) is 3.70. The van der Waals surface area contributed by atoms with E-state index < -0.39 is 5.97 Å². The van der Waals surface area contributed by atoms with E-state index in [0.29, 0.717) is 34.5 Å². The molecule has 3 aromatic rings. The molecule has 1 aromatic heterocycles. The number of halogens is 1. The Bertz CT molecular complexity index is 1090. The van der Waals surface area contributed by atoms with Gasteiger partial charge in [0.1, 0.15) is 11.5 Å². The summed E-state index contributed by atoms with van der Waals surface area (Å²) in [4.78, 5) is 23.0. The van der Waals surface area contributed by atoms with Gasteiger partial charge in [-0.15, -0.1) is 0 Å². The predicted octanol–water partition coefficient (Wildman–Crippen LogP) is 4.93. The fourth-order valence-corrected chi connectivity index (χ4v) is 3.77. The molecular formula is C23H22FN3O2. The molecule has 6 heteroatoms. The van der Waals surface area contributed by atoms with Gasteiger partial charge in [0.2, 0.25) is 0 Å². The van der Waals surface area contributed by atoms with Gasteiger partial charge in [-0.2, -0.15) is 0 Å². The quantitative estimate of drug-likeness (QED) is 0.625. The Morgan fingerprint density at radius 3 is 2.52 bits per heavy atom. The lowest BCUT2D eigenvalue weighted by Gasteiger charge is -2.41. The maximum atomic E-state index is 13.4. The number of fused-ring (bicyclic) bond motifs is 1. The number of rotatable bonds is 5. The second-order valence-corrected chi connectivity index (χ2v) is 7.43. The van der Waals surface area contributed by atoms with Gasteiger partial charge >= 0.3 is 5.97 Å². The first-order valence-electron chi connectivity index (χ1n) is 9.63. The molecule has 148 valence electrons. The van der Waals surface area contributed by atoms with E-state index in [4.69, 9.17) is 9.97 Å². The van der Waals surface area contributed by atoms with E-state index in [1.807, 2.05) is 14.0 Å². The number of carbonyl (C=O) groups is 1. The lowest BCUT2D eigenvalue weighted by molar-refractivity contribution is 0.0697. The fraction of sp³-hybridized carbons (Fsp3) is 0.261. The summed E-state index contributed by atoms with van der Waals surface area (Å²) >= 11 is 0. The Balaban J connectivity index is 1.80. The number of hydrogen-bond acceptors (Lipinski definition) is 4. The van der Waals surface area contributed by atoms with E-state index in [2.05, 4.69) is 17.1 Å². The van der Waals surface area contributed by atoms with Crippen LogP contribution in [0.5, 0.6) is 0 Å². The zero-order chi connectivity index (χ0) is 20.5. The minimum Gasteiger partial charge on any atom is -0.478 e. The van der Waals surface area contributed by atoms with Gasteiger partial charge in [-0.25, -0.2) is 19.2 Å². The Labute approximate surface area is 168 Å². The summed E-state index contributed by atoms with van der Waals surface area (Å²) in [7, 11) is 1.99. The molecule has 0 bridgehead atoms. The van der Waals surface area contributed by atoms with E-state index in [0.717, 1.165) is 18.4 Å². The standard InChI is InChI=1S/C23H22FN3O2/c1-3-4-14-11-18(12-14)27(2)22-21(15-5-8-17(24)9-6-15)25-19-10-7-16(23(28)29)13-20(19)26-22/h3-10,13-14,18H,11-12H2,1-2H3,(H,28,29). The second kappa shape index (κ2) is 7.62. The van der Waals surface area contributed by atoms with Gasteiger partial charge < -0.3 is 10.0 Å². The summed E-state index contributed by atoms with van der Waals surface area (Å²) in [5, 5.41) is 9.30. The van der Waals surface area contributed by atoms with E-state index in [-0.39, 0.29) is 11.4 Å². The maximum Gasteiger partial charge on any atom is 0.335 e. The first kappa shape index (κ1) is 19.1. The molecule has 29 heavy (non-hydrogen) atoms. The van der Waals surface area contributed by atoms with Crippen molar-refractivity contribution in [3.63, 3.8) is 0 Å². The van der Waals surface area contributed by atoms with Crippen molar-refractivity contribution in [3.8, 4) is 11.3 Å². The van der Waals surface area contributed by atoms with Crippen LogP contribution < -0.4 is 4.90 Å². The van der Waals surface area contributed by atoms with Crippen LogP contribution >= 0.6 is 0 Å². The Morgan fingerprint density at radius 1 is 1.14 bits per heavy atom. The van der Waals surface area contributed by atoms with Crippen LogP contribution in [-0.4, -0.2) is 34.1 Å². The smallest absolute Gasteiger partial charge is 0.335 e. The SMILES string of the molecule is CC=CC1CC(N(C)c2nc3cc(C(=O)O)ccc3nc2-c2ccc(F)cc2)C1. The summed E-state index contributed by atoms with van der Waals surface area (Å²) in [5.74, 6) is -0.0691. The molecule has 0 spiro atoms. The van der Waals surface area contributed by atoms with Crippen LogP contribution in [0, 0.1) is 11.7 Å². The number of allylic oxidation sites excluding steroid dienone is 2. The summed E-state index contributed by atoms with van der Waals surface area (Å²) in [6, 6.07) is 11.2. The topological polar surface area (TPSA) is 66.3 Å². The van der Waals surface area contributed by atoms with E-state index in [1.54, 1.807) is 24.3 Å². The van der Waals surface area contributed by atoms with Gasteiger partial charge in [0.05, 0.1) is 16.6 Å². The molecule has 1 aliphatic carbocycles. The van der Waals surface area contributed by atoms with Crippen LogP contribution in [0.25, 0.3) is 22.3 Å². The van der Waals surface area contributed by atoms with Crippen LogP contribution in [0.1, 0.15) is 30.1 Å². The van der Waals surface area contributed by atoms with Gasteiger partial charge in [-0.05, 0) is 68.1 Å². The van der Waals surface area contributed by atoms with Crippen LogP contribution in [0.2, 0.25) is 0 Å². The molecule has 0 unspecified atom stereocenters. The minimum atomic E-state index is -1.00. The van der Waals surface area contributed by atoms with E-state index in [1.165, 1.54) is 18.2 Å². The number of benzene rings is 2. The average Bonchev–Trinajstić information content (AvgIpc) is 2.69. The summed E-state index contributed by atoms with van der Waals surface area (Å²) in [6.07, 6.45) is 6.35. The van der Waals surface area contributed by atoms with Crippen molar-refractivity contribution < 1.29 is 14.3 Å². The maximum absolute atomic E-state index is 13.4. The second-order valence-electron chi connectivity index (χ2n) is 7.43. The van der Waals surface area contributed by atoms with Crippen LogP contribution in [0.15, 0.2) is 54.6 Å². The van der Waals surface area contributed by atoms with Crippen molar-refractivity contribution >= 4 is 22.8 Å². The number of aromatic nitrogens is 2. The van der Waals surface area contributed by atoms with Gasteiger partial charge in [0, 0.05) is 18.7 Å². The van der Waals surface area contributed by atoms with Crippen LogP contribution in [0.4, 0.5) is 10.2 Å². The molecule has 0 atom stereocenters. The monoisotopic (exact) mass is 391 g/mol. The zero-order valence-electron chi connectivity index (χ0n) is 16.3. The highest BCUT2D eigenvalue weighted by Crippen LogP contribution is 2.37. The number of anilines is 1. The minimum absolute atomic E-state index is 0.173. The van der Waals surface area contributed by atoms with Crippen molar-refractivity contribution in [1.82, 2.24) is 9.97 Å². The highest BCUT2D eigenvalue weighted by Gasteiger charge is 2.32. The highest BCUT2D eigenvalue weighted by molar-refractivity contribution is 5.93. The van der Waals surface area contributed by atoms with E-state index in [9.17, 15) is 14.3 Å². The molecule has 2 aromatic carbocycles. The molecule has 0 radical (unpaired) electrons. The lowest BCUT2D eigenvalue weighted by atomic mass is 9.79. The summed E-state index contributed by atoms with van der Waals surface area (Å²) < 4.78 is 13.4. The molecule has 4 rings (SSSR count). The molecule has 0 saturated heterocycles. The molecule has 0 aliphatic heterocycles. The third-order valence-electron chi connectivity index (χ3n) is 5.51. The van der Waals surface area contributed by atoms with Gasteiger partial charge in [0.25, 0.3) is 0 Å². The predicted molar refractivity (Wildman–Crippen MR) is 112 cm³/mol. The molecule has 1 heterocycles. The Kier molecular flexibility index (Phi) is 5.01. The molecular weight excluding hydrogens is 369 g/mol. The number of hydrogen-bond donors (Lipinski definition) is 1. The van der Waals surface area contributed by atoms with Gasteiger partial charge in [0.15, 0.2) is 5.82 Å². The van der Waals surface area contributed by atoms with Crippen molar-refractivity contribution in [1.29, 1.82) is 0 Å². The van der Waals surface area contributed by atoms with Crippen molar-refractivity contribution in [2.24, 2.45) is 5.92 Å². The first-order valence-corrected chi connectivity index (χ1v) is 9.63. The molecule has 5 nitrogen and oxygen atoms in total. The number of aromatic carboxylic acids is 1. The number of nitrogens with zero attached hydrogens (tertiary/aromatic N) is 3. The molecule has 0 amide bonds. The first-order chi connectivity index (χ1) is 14.0. The largest absolute Gasteiger partial charge is 0.478 e. The molecule has 1 N–H and O–H groups in total. The van der Waals surface area contributed by atoms with Crippen molar-refractivity contribution in [2.75, 3.05) is 11.9 Å². The third-order valence-corrected chi connectivity index (χ3v) is 5.51. The zero-order valence-corrected chi connectivity index (χ0v) is 16.3. The summed E-state index contributed by atoms with van der Waals surface area (Å²) in [6.45, 7) is 2.03. The summed E-state index contributed by atoms with van der Waals surface area (Å²) in [5.41, 5.74) is 2.74. The van der Waals surface area contributed by atoms with Crippen molar-refractivity contribution in [2.45, 2.75) is 25.8 Å². The molecule has 1 saturated carbocycles. The highest BCUT2D eigenvalue weighted by atomic mass is 19.1. The normalized spacial score (nSPS) is 18.7. The molecule has 1 fully saturated rings. The lowest BCUT2D eigenvalue weighted by Crippen LogP contribution is -2.42. The van der Waals surface area contributed by atoms with Crippen LogP contribution in [0.3, 0.4) is 0 Å². The van der Waals surface area contributed by atoms with E-state index >= 15 is 0 Å². The Morgan fingerprint density at radius 2 is 1.86 bits per heavy atom. The van der Waals surface area contributed by atoms with Crippen molar-refractivity contribution in [3.05, 3.63) is 66.0 Å². The number of carboxylic acids is 1. The van der Waals surface area contributed by atoms with Gasteiger partial charge in [-0.1, -0.05) is 12.2 Å². The Hall–Kier alpha value is -3.28. The number of carboxylic acid groups (broad SMARTS) is 1. The average molecular weight is 391 g/mol. The van der Waals surface area contributed by atoms with Gasteiger partial charge in [-0.3, -0.25) is 0 Å². The van der Waals surface area contributed by atoms with Crippen LogP contribution in [-0.2, 0) is 0 Å².